The first-order valence-corrected chi connectivity index (χ1v) is 9.00. The van der Waals surface area contributed by atoms with Gasteiger partial charge in [0.15, 0.2) is 0 Å². The highest BCUT2D eigenvalue weighted by Gasteiger charge is 2.36. The molecule has 0 bridgehead atoms. The Morgan fingerprint density at radius 2 is 2.10 bits per heavy atom. The number of thiophene rings is 1. The Labute approximate surface area is 122 Å². The number of rotatable bonds is 2. The predicted octanol–water partition coefficient (Wildman–Crippen LogP) is 2.44. The van der Waals surface area contributed by atoms with Gasteiger partial charge < -0.3 is 5.11 Å². The molecule has 1 saturated heterocycles. The predicted molar refractivity (Wildman–Crippen MR) is 80.4 cm³/mol. The molecule has 1 N–H and O–H groups in total. The molecule has 0 radical (unpaired) electrons. The molecule has 4 nitrogen and oxygen atoms in total. The smallest absolute Gasteiger partial charge is 0.244 e. The van der Waals surface area contributed by atoms with Crippen molar-refractivity contribution in [1.29, 1.82) is 0 Å². The van der Waals surface area contributed by atoms with Crippen molar-refractivity contribution >= 4 is 31.4 Å². The third kappa shape index (κ3) is 2.16. The van der Waals surface area contributed by atoms with Crippen LogP contribution in [0.5, 0.6) is 0 Å². The van der Waals surface area contributed by atoms with E-state index in [-0.39, 0.29) is 6.04 Å². The van der Waals surface area contributed by atoms with Crippen molar-refractivity contribution in [2.24, 2.45) is 0 Å². The first-order chi connectivity index (χ1) is 9.51. The van der Waals surface area contributed by atoms with Gasteiger partial charge in [0.2, 0.25) is 10.0 Å². The molecule has 2 heterocycles. The fourth-order valence-corrected chi connectivity index (χ4v) is 5.89. The highest BCUT2D eigenvalue weighted by Crippen LogP contribution is 2.33. The van der Waals surface area contributed by atoms with Crippen LogP contribution in [0.4, 0.5) is 0 Å². The molecular weight excluding hydrogens is 294 g/mol. The lowest BCUT2D eigenvalue weighted by Crippen LogP contribution is -2.49. The number of aliphatic hydroxyl groups excluding tert-OH is 1. The molecule has 1 fully saturated rings. The molecule has 2 atom stereocenters. The van der Waals surface area contributed by atoms with Crippen LogP contribution in [0.3, 0.4) is 0 Å². The zero-order valence-electron chi connectivity index (χ0n) is 11.2. The Hall–Kier alpha value is -0.950. The highest BCUT2D eigenvalue weighted by molar-refractivity contribution is 7.89. The van der Waals surface area contributed by atoms with Gasteiger partial charge in [0.05, 0.1) is 6.10 Å². The molecule has 108 valence electrons. The lowest BCUT2D eigenvalue weighted by molar-refractivity contribution is 0.0614. The van der Waals surface area contributed by atoms with Crippen molar-refractivity contribution in [3.8, 4) is 0 Å². The zero-order valence-corrected chi connectivity index (χ0v) is 12.8. The van der Waals surface area contributed by atoms with Gasteiger partial charge in [-0.15, -0.1) is 11.3 Å². The Bertz CT molecular complexity index is 723. The second-order valence-corrected chi connectivity index (χ2v) is 7.93. The summed E-state index contributed by atoms with van der Waals surface area (Å²) in [6.45, 7) is 2.25. The van der Waals surface area contributed by atoms with Crippen molar-refractivity contribution in [3.63, 3.8) is 0 Å². The number of hydrogen-bond acceptors (Lipinski definition) is 4. The van der Waals surface area contributed by atoms with Crippen molar-refractivity contribution < 1.29 is 13.5 Å². The maximum Gasteiger partial charge on any atom is 0.244 e. The van der Waals surface area contributed by atoms with E-state index in [1.54, 1.807) is 12.3 Å². The number of nitrogens with zero attached hydrogens (tertiary/aromatic N) is 1. The van der Waals surface area contributed by atoms with Gasteiger partial charge >= 0.3 is 0 Å². The molecule has 0 spiro atoms. The maximum atomic E-state index is 12.8. The van der Waals surface area contributed by atoms with E-state index in [1.165, 1.54) is 15.6 Å². The summed E-state index contributed by atoms with van der Waals surface area (Å²) in [5.74, 6) is 0. The minimum absolute atomic E-state index is 0.360. The van der Waals surface area contributed by atoms with Crippen LogP contribution < -0.4 is 0 Å². The van der Waals surface area contributed by atoms with Crippen LogP contribution in [-0.2, 0) is 10.0 Å². The van der Waals surface area contributed by atoms with Crippen LogP contribution in [0.2, 0.25) is 0 Å². The molecule has 0 amide bonds. The summed E-state index contributed by atoms with van der Waals surface area (Å²) < 4.78 is 28.1. The number of aliphatic hydroxyl groups is 1. The summed E-state index contributed by atoms with van der Waals surface area (Å²) in [4.78, 5) is 0.360. The first-order valence-electron chi connectivity index (χ1n) is 6.68. The quantitative estimate of drug-likeness (QED) is 0.927. The number of benzene rings is 1. The molecule has 2 unspecified atom stereocenters. The zero-order chi connectivity index (χ0) is 14.3. The third-order valence-electron chi connectivity index (χ3n) is 3.92. The van der Waals surface area contributed by atoms with Gasteiger partial charge in [-0.25, -0.2) is 8.42 Å². The summed E-state index contributed by atoms with van der Waals surface area (Å²) in [5.41, 5.74) is 0. The minimum Gasteiger partial charge on any atom is -0.391 e. The van der Waals surface area contributed by atoms with Crippen LogP contribution in [0.25, 0.3) is 10.1 Å². The molecule has 0 saturated carbocycles. The number of sulfonamides is 1. The molecule has 2 aromatic rings. The Morgan fingerprint density at radius 3 is 2.90 bits per heavy atom. The summed E-state index contributed by atoms with van der Waals surface area (Å²) >= 11 is 1.44. The normalized spacial score (nSPS) is 25.1. The largest absolute Gasteiger partial charge is 0.391 e. The average molecular weight is 311 g/mol. The number of piperidine rings is 1. The Kier molecular flexibility index (Phi) is 3.58. The van der Waals surface area contributed by atoms with Gasteiger partial charge in [-0.2, -0.15) is 4.31 Å². The molecule has 20 heavy (non-hydrogen) atoms. The number of hydrogen-bond donors (Lipinski definition) is 1. The summed E-state index contributed by atoms with van der Waals surface area (Å²) in [5, 5.41) is 12.4. The first kappa shape index (κ1) is 14.0. The van der Waals surface area contributed by atoms with E-state index >= 15 is 0 Å². The van der Waals surface area contributed by atoms with Gasteiger partial charge in [0.25, 0.3) is 0 Å². The van der Waals surface area contributed by atoms with Gasteiger partial charge in [-0.3, -0.25) is 0 Å². The van der Waals surface area contributed by atoms with Gasteiger partial charge in [0, 0.05) is 28.1 Å². The molecule has 1 aromatic heterocycles. The van der Waals surface area contributed by atoms with Crippen LogP contribution >= 0.6 is 11.3 Å². The average Bonchev–Trinajstić information content (AvgIpc) is 2.86. The monoisotopic (exact) mass is 311 g/mol. The van der Waals surface area contributed by atoms with Crippen LogP contribution in [0.15, 0.2) is 34.5 Å². The molecule has 6 heteroatoms. The minimum atomic E-state index is -3.54. The second kappa shape index (κ2) is 5.11. The summed E-state index contributed by atoms with van der Waals surface area (Å²) in [6, 6.07) is 7.15. The van der Waals surface area contributed by atoms with Crippen molar-refractivity contribution in [1.82, 2.24) is 4.31 Å². The Balaban J connectivity index is 2.08. The second-order valence-electron chi connectivity index (χ2n) is 5.16. The molecule has 0 aliphatic carbocycles. The molecular formula is C14H17NO3S2. The van der Waals surface area contributed by atoms with Gasteiger partial charge in [-0.1, -0.05) is 18.2 Å². The summed E-state index contributed by atoms with van der Waals surface area (Å²) in [6.07, 6.45) is 0.785. The highest BCUT2D eigenvalue weighted by atomic mass is 32.2. The lowest BCUT2D eigenvalue weighted by atomic mass is 10.0. The standard InChI is InChI=1S/C14H17NO3S2/c1-10-12(16)6-4-8-15(10)20(17,18)14-9-19-13-7-3-2-5-11(13)14/h2-3,5,7,9-10,12,16H,4,6,8H2,1H3. The molecule has 1 aliphatic heterocycles. The van der Waals surface area contributed by atoms with E-state index in [4.69, 9.17) is 0 Å². The third-order valence-corrected chi connectivity index (χ3v) is 7.06. The van der Waals surface area contributed by atoms with Crippen molar-refractivity contribution in [2.45, 2.75) is 36.8 Å². The van der Waals surface area contributed by atoms with E-state index in [2.05, 4.69) is 0 Å². The van der Waals surface area contributed by atoms with Gasteiger partial charge in [-0.05, 0) is 25.8 Å². The lowest BCUT2D eigenvalue weighted by Gasteiger charge is -2.35. The Morgan fingerprint density at radius 1 is 1.35 bits per heavy atom. The SMILES string of the molecule is CC1C(O)CCCN1S(=O)(=O)c1csc2ccccc12. The van der Waals surface area contributed by atoms with E-state index in [0.29, 0.717) is 24.3 Å². The molecule has 3 rings (SSSR count). The van der Waals surface area contributed by atoms with E-state index in [0.717, 1.165) is 10.1 Å². The van der Waals surface area contributed by atoms with Crippen molar-refractivity contribution in [3.05, 3.63) is 29.6 Å². The fraction of sp³-hybridized carbons (Fsp3) is 0.429. The molecule has 1 aliphatic rings. The van der Waals surface area contributed by atoms with Crippen LogP contribution in [-0.4, -0.2) is 36.5 Å². The van der Waals surface area contributed by atoms with E-state index in [9.17, 15) is 13.5 Å². The number of fused-ring (bicyclic) bond motifs is 1. The van der Waals surface area contributed by atoms with Crippen molar-refractivity contribution in [2.75, 3.05) is 6.54 Å². The molecule has 1 aromatic carbocycles. The van der Waals surface area contributed by atoms with Gasteiger partial charge in [0.1, 0.15) is 4.90 Å². The topological polar surface area (TPSA) is 57.6 Å². The maximum absolute atomic E-state index is 12.8. The van der Waals surface area contributed by atoms with Crippen LogP contribution in [0, 0.1) is 0 Å². The summed E-state index contributed by atoms with van der Waals surface area (Å²) in [7, 11) is -3.54. The van der Waals surface area contributed by atoms with E-state index < -0.39 is 16.1 Å². The van der Waals surface area contributed by atoms with E-state index in [1.807, 2.05) is 24.3 Å². The van der Waals surface area contributed by atoms with Crippen LogP contribution in [0.1, 0.15) is 19.8 Å². The fourth-order valence-electron chi connectivity index (χ4n) is 2.71.